The first-order valence-electron chi connectivity index (χ1n) is 6.22. The van der Waals surface area contributed by atoms with Gasteiger partial charge < -0.3 is 14.8 Å². The Labute approximate surface area is 126 Å². The average molecular weight is 338 g/mol. The normalized spacial score (nSPS) is 10.2. The standard InChI is InChI=1S/C14H16BrN3O2/c1-3-20-14-12(15)4-10(5-13(14)19-2)6-18-11-7-16-9-17-8-11/h4-5,7-9,18H,3,6H2,1-2H3. The SMILES string of the molecule is CCOc1c(Br)cc(CNc2cncnc2)cc1OC. The number of rotatable bonds is 6. The molecular formula is C14H16BrN3O2. The highest BCUT2D eigenvalue weighted by atomic mass is 79.9. The number of nitrogens with one attached hydrogen (secondary N) is 1. The minimum atomic E-state index is 0.591. The Morgan fingerprint density at radius 2 is 2.00 bits per heavy atom. The zero-order valence-corrected chi connectivity index (χ0v) is 13.0. The first kappa shape index (κ1) is 14.6. The zero-order valence-electron chi connectivity index (χ0n) is 11.4. The fourth-order valence-electron chi connectivity index (χ4n) is 1.75. The molecule has 2 aromatic rings. The van der Waals surface area contributed by atoms with E-state index in [0.29, 0.717) is 18.9 Å². The second kappa shape index (κ2) is 7.09. The molecule has 0 amide bonds. The van der Waals surface area contributed by atoms with E-state index in [9.17, 15) is 0 Å². The third kappa shape index (κ3) is 3.60. The number of nitrogens with zero attached hydrogens (tertiary/aromatic N) is 2. The van der Waals surface area contributed by atoms with Crippen molar-refractivity contribution in [1.82, 2.24) is 9.97 Å². The van der Waals surface area contributed by atoms with Crippen LogP contribution in [0.2, 0.25) is 0 Å². The molecule has 0 spiro atoms. The molecule has 0 aliphatic carbocycles. The number of aromatic nitrogens is 2. The summed E-state index contributed by atoms with van der Waals surface area (Å²) in [6, 6.07) is 3.96. The Bertz CT molecular complexity index is 564. The molecule has 1 heterocycles. The van der Waals surface area contributed by atoms with Gasteiger partial charge in [-0.1, -0.05) is 0 Å². The summed E-state index contributed by atoms with van der Waals surface area (Å²) in [6.45, 7) is 3.18. The van der Waals surface area contributed by atoms with Gasteiger partial charge in [0.2, 0.25) is 0 Å². The van der Waals surface area contributed by atoms with Crippen molar-refractivity contribution in [3.63, 3.8) is 0 Å². The second-order valence-electron chi connectivity index (χ2n) is 4.02. The molecule has 20 heavy (non-hydrogen) atoms. The van der Waals surface area contributed by atoms with Crippen molar-refractivity contribution in [1.29, 1.82) is 0 Å². The van der Waals surface area contributed by atoms with Gasteiger partial charge >= 0.3 is 0 Å². The summed E-state index contributed by atoms with van der Waals surface area (Å²) >= 11 is 3.51. The highest BCUT2D eigenvalue weighted by molar-refractivity contribution is 9.10. The molecular weight excluding hydrogens is 322 g/mol. The summed E-state index contributed by atoms with van der Waals surface area (Å²) in [5, 5.41) is 3.25. The maximum Gasteiger partial charge on any atom is 0.175 e. The van der Waals surface area contributed by atoms with E-state index in [4.69, 9.17) is 9.47 Å². The fraction of sp³-hybridized carbons (Fsp3) is 0.286. The Kier molecular flexibility index (Phi) is 5.17. The van der Waals surface area contributed by atoms with Crippen molar-refractivity contribution in [3.05, 3.63) is 40.9 Å². The minimum absolute atomic E-state index is 0.591. The van der Waals surface area contributed by atoms with Crippen LogP contribution >= 0.6 is 15.9 Å². The second-order valence-corrected chi connectivity index (χ2v) is 4.88. The first-order valence-corrected chi connectivity index (χ1v) is 7.02. The molecule has 0 unspecified atom stereocenters. The predicted octanol–water partition coefficient (Wildman–Crippen LogP) is 3.26. The summed E-state index contributed by atoms with van der Waals surface area (Å²) in [6.07, 6.45) is 4.96. The lowest BCUT2D eigenvalue weighted by molar-refractivity contribution is 0.308. The van der Waals surface area contributed by atoms with Gasteiger partial charge in [0, 0.05) is 6.54 Å². The quantitative estimate of drug-likeness (QED) is 0.876. The molecule has 2 rings (SSSR count). The van der Waals surface area contributed by atoms with E-state index in [1.54, 1.807) is 19.5 Å². The monoisotopic (exact) mass is 337 g/mol. The number of hydrogen-bond acceptors (Lipinski definition) is 5. The number of benzene rings is 1. The summed E-state index contributed by atoms with van der Waals surface area (Å²) in [7, 11) is 1.63. The Morgan fingerprint density at radius 3 is 2.65 bits per heavy atom. The van der Waals surface area contributed by atoms with E-state index in [1.807, 2.05) is 19.1 Å². The van der Waals surface area contributed by atoms with E-state index in [1.165, 1.54) is 6.33 Å². The third-order valence-electron chi connectivity index (χ3n) is 2.64. The molecule has 0 saturated carbocycles. The van der Waals surface area contributed by atoms with Crippen LogP contribution in [0.1, 0.15) is 12.5 Å². The molecule has 0 atom stereocenters. The van der Waals surface area contributed by atoms with Crippen LogP contribution in [0.4, 0.5) is 5.69 Å². The lowest BCUT2D eigenvalue weighted by Gasteiger charge is -2.14. The van der Waals surface area contributed by atoms with Crippen molar-refractivity contribution in [2.75, 3.05) is 19.0 Å². The van der Waals surface area contributed by atoms with Gasteiger partial charge in [0.15, 0.2) is 11.5 Å². The Hall–Kier alpha value is -1.82. The molecule has 106 valence electrons. The number of ether oxygens (including phenoxy) is 2. The van der Waals surface area contributed by atoms with Gasteiger partial charge in [0.25, 0.3) is 0 Å². The first-order chi connectivity index (χ1) is 9.74. The summed E-state index contributed by atoms with van der Waals surface area (Å²) in [4.78, 5) is 7.92. The van der Waals surface area contributed by atoms with E-state index in [-0.39, 0.29) is 0 Å². The number of methoxy groups -OCH3 is 1. The van der Waals surface area contributed by atoms with E-state index in [0.717, 1.165) is 21.5 Å². The minimum Gasteiger partial charge on any atom is -0.493 e. The molecule has 5 nitrogen and oxygen atoms in total. The van der Waals surface area contributed by atoms with Crippen LogP contribution in [0.25, 0.3) is 0 Å². The molecule has 0 aliphatic heterocycles. The van der Waals surface area contributed by atoms with Crippen LogP contribution < -0.4 is 14.8 Å². The van der Waals surface area contributed by atoms with Crippen molar-refractivity contribution in [3.8, 4) is 11.5 Å². The third-order valence-corrected chi connectivity index (χ3v) is 3.22. The van der Waals surface area contributed by atoms with Crippen LogP contribution in [-0.4, -0.2) is 23.7 Å². The van der Waals surface area contributed by atoms with Crippen molar-refractivity contribution in [2.45, 2.75) is 13.5 Å². The maximum absolute atomic E-state index is 5.56. The van der Waals surface area contributed by atoms with Gasteiger partial charge in [-0.05, 0) is 40.5 Å². The Morgan fingerprint density at radius 1 is 1.25 bits per heavy atom. The average Bonchev–Trinajstić information content (AvgIpc) is 2.48. The molecule has 0 saturated heterocycles. The summed E-state index contributed by atoms with van der Waals surface area (Å²) < 4.78 is 11.8. The van der Waals surface area contributed by atoms with Crippen LogP contribution in [-0.2, 0) is 6.54 Å². The molecule has 0 fully saturated rings. The largest absolute Gasteiger partial charge is 0.493 e. The van der Waals surface area contributed by atoms with Crippen molar-refractivity contribution < 1.29 is 9.47 Å². The van der Waals surface area contributed by atoms with Gasteiger partial charge in [-0.3, -0.25) is 0 Å². The fourth-order valence-corrected chi connectivity index (χ4v) is 2.36. The smallest absolute Gasteiger partial charge is 0.175 e. The van der Waals surface area contributed by atoms with Crippen molar-refractivity contribution >= 4 is 21.6 Å². The summed E-state index contributed by atoms with van der Waals surface area (Å²) in [5.41, 5.74) is 1.94. The van der Waals surface area contributed by atoms with Crippen LogP contribution in [0.5, 0.6) is 11.5 Å². The molecule has 1 aromatic heterocycles. The highest BCUT2D eigenvalue weighted by Gasteiger charge is 2.11. The number of halogens is 1. The molecule has 0 radical (unpaired) electrons. The topological polar surface area (TPSA) is 56.3 Å². The van der Waals surface area contributed by atoms with Gasteiger partial charge in [-0.25, -0.2) is 9.97 Å². The van der Waals surface area contributed by atoms with E-state index >= 15 is 0 Å². The van der Waals surface area contributed by atoms with E-state index < -0.39 is 0 Å². The lowest BCUT2D eigenvalue weighted by Crippen LogP contribution is -2.02. The van der Waals surface area contributed by atoms with Gasteiger partial charge in [-0.15, -0.1) is 0 Å². The number of hydrogen-bond donors (Lipinski definition) is 1. The molecule has 1 aromatic carbocycles. The molecule has 0 bridgehead atoms. The summed E-state index contributed by atoms with van der Waals surface area (Å²) in [5.74, 6) is 1.43. The van der Waals surface area contributed by atoms with Gasteiger partial charge in [-0.2, -0.15) is 0 Å². The van der Waals surface area contributed by atoms with Crippen molar-refractivity contribution in [2.24, 2.45) is 0 Å². The van der Waals surface area contributed by atoms with Crippen LogP contribution in [0.15, 0.2) is 35.3 Å². The zero-order chi connectivity index (χ0) is 14.4. The van der Waals surface area contributed by atoms with Gasteiger partial charge in [0.05, 0.1) is 36.3 Å². The molecule has 0 aliphatic rings. The predicted molar refractivity (Wildman–Crippen MR) is 81.2 cm³/mol. The molecule has 6 heteroatoms. The highest BCUT2D eigenvalue weighted by Crippen LogP contribution is 2.36. The number of anilines is 1. The van der Waals surface area contributed by atoms with Crippen LogP contribution in [0.3, 0.4) is 0 Å². The molecule has 1 N–H and O–H groups in total. The maximum atomic E-state index is 5.56. The van der Waals surface area contributed by atoms with Gasteiger partial charge in [0.1, 0.15) is 6.33 Å². The lowest BCUT2D eigenvalue weighted by atomic mass is 10.2. The van der Waals surface area contributed by atoms with Crippen LogP contribution in [0, 0.1) is 0 Å². The Balaban J connectivity index is 2.14. The van der Waals surface area contributed by atoms with E-state index in [2.05, 4.69) is 31.2 Å².